The monoisotopic (exact) mass is 234 g/mol. The predicted molar refractivity (Wildman–Crippen MR) is 69.0 cm³/mol. The Morgan fingerprint density at radius 1 is 1.18 bits per heavy atom. The largest absolute Gasteiger partial charge is 0.390 e. The van der Waals surface area contributed by atoms with Crippen molar-refractivity contribution >= 4 is 0 Å². The molecule has 0 spiro atoms. The van der Waals surface area contributed by atoms with Gasteiger partial charge < -0.3 is 9.84 Å². The molecule has 17 heavy (non-hydrogen) atoms. The molecule has 2 heteroatoms. The second-order valence-corrected chi connectivity index (χ2v) is 5.04. The number of methoxy groups -OCH3 is 1. The summed E-state index contributed by atoms with van der Waals surface area (Å²) in [7, 11) is 1.74. The van der Waals surface area contributed by atoms with Crippen LogP contribution in [0.25, 0.3) is 0 Å². The van der Waals surface area contributed by atoms with Crippen molar-refractivity contribution in [3.05, 3.63) is 35.9 Å². The zero-order chi connectivity index (χ0) is 12.1. The number of aliphatic hydroxyl groups is 1. The summed E-state index contributed by atoms with van der Waals surface area (Å²) < 4.78 is 5.66. The van der Waals surface area contributed by atoms with E-state index < -0.39 is 6.10 Å². The quantitative estimate of drug-likeness (QED) is 0.868. The molecule has 1 unspecified atom stereocenters. The van der Waals surface area contributed by atoms with E-state index in [-0.39, 0.29) is 5.60 Å². The molecule has 1 fully saturated rings. The summed E-state index contributed by atoms with van der Waals surface area (Å²) in [5.41, 5.74) is 0.871. The van der Waals surface area contributed by atoms with Crippen LogP contribution in [-0.2, 0) is 11.2 Å². The van der Waals surface area contributed by atoms with E-state index in [1.165, 1.54) is 24.8 Å². The minimum absolute atomic E-state index is 0.311. The number of aliphatic hydroxyl groups excluding tert-OH is 1. The lowest BCUT2D eigenvalue weighted by molar-refractivity contribution is -0.122. The maximum absolute atomic E-state index is 10.5. The summed E-state index contributed by atoms with van der Waals surface area (Å²) in [6.45, 7) is 0. The lowest BCUT2D eigenvalue weighted by Gasteiger charge is -2.40. The predicted octanol–water partition coefficient (Wildman–Crippen LogP) is 2.94. The molecule has 1 aliphatic rings. The van der Waals surface area contributed by atoms with E-state index in [0.717, 1.165) is 12.8 Å². The maximum atomic E-state index is 10.5. The average Bonchev–Trinajstić information content (AvgIpc) is 2.40. The molecular formula is C15H22O2. The fourth-order valence-electron chi connectivity index (χ4n) is 2.85. The van der Waals surface area contributed by atoms with Gasteiger partial charge in [-0.3, -0.25) is 0 Å². The molecule has 1 N–H and O–H groups in total. The van der Waals surface area contributed by atoms with Crippen LogP contribution >= 0.6 is 0 Å². The van der Waals surface area contributed by atoms with Gasteiger partial charge in [-0.15, -0.1) is 0 Å². The van der Waals surface area contributed by atoms with E-state index in [1.54, 1.807) is 7.11 Å². The van der Waals surface area contributed by atoms with E-state index in [2.05, 4.69) is 12.1 Å². The SMILES string of the molecule is COC1(C(O)Cc2ccccc2)CCCCC1. The van der Waals surface area contributed by atoms with Gasteiger partial charge in [-0.1, -0.05) is 49.6 Å². The smallest absolute Gasteiger partial charge is 0.0939 e. The molecule has 2 rings (SSSR count). The normalized spacial score (nSPS) is 21.1. The first-order valence-corrected chi connectivity index (χ1v) is 6.54. The van der Waals surface area contributed by atoms with Gasteiger partial charge in [0.2, 0.25) is 0 Å². The van der Waals surface area contributed by atoms with Gasteiger partial charge in [-0.2, -0.15) is 0 Å². The zero-order valence-electron chi connectivity index (χ0n) is 10.6. The van der Waals surface area contributed by atoms with Crippen LogP contribution in [0.3, 0.4) is 0 Å². The van der Waals surface area contributed by atoms with Crippen LogP contribution in [0.4, 0.5) is 0 Å². The highest BCUT2D eigenvalue weighted by Crippen LogP contribution is 2.35. The molecule has 1 saturated carbocycles. The van der Waals surface area contributed by atoms with E-state index in [4.69, 9.17) is 4.74 Å². The van der Waals surface area contributed by atoms with E-state index in [0.29, 0.717) is 6.42 Å². The third-order valence-corrected chi connectivity index (χ3v) is 3.99. The molecular weight excluding hydrogens is 212 g/mol. The van der Waals surface area contributed by atoms with Crippen LogP contribution in [0.1, 0.15) is 37.7 Å². The van der Waals surface area contributed by atoms with Gasteiger partial charge in [0.15, 0.2) is 0 Å². The van der Waals surface area contributed by atoms with E-state index >= 15 is 0 Å². The van der Waals surface area contributed by atoms with Crippen molar-refractivity contribution in [1.29, 1.82) is 0 Å². The molecule has 0 bridgehead atoms. The topological polar surface area (TPSA) is 29.5 Å². The van der Waals surface area contributed by atoms with Crippen LogP contribution in [0.2, 0.25) is 0 Å². The molecule has 1 aliphatic carbocycles. The lowest BCUT2D eigenvalue weighted by atomic mass is 9.78. The van der Waals surface area contributed by atoms with Crippen molar-refractivity contribution in [1.82, 2.24) is 0 Å². The molecule has 0 amide bonds. The van der Waals surface area contributed by atoms with Crippen LogP contribution in [0.15, 0.2) is 30.3 Å². The zero-order valence-corrected chi connectivity index (χ0v) is 10.6. The Balaban J connectivity index is 2.04. The van der Waals surface area contributed by atoms with Gasteiger partial charge in [0.1, 0.15) is 0 Å². The average molecular weight is 234 g/mol. The standard InChI is InChI=1S/C15H22O2/c1-17-15(10-6-3-7-11-15)14(16)12-13-8-4-2-5-9-13/h2,4-5,8-9,14,16H,3,6-7,10-12H2,1H3. The Morgan fingerprint density at radius 3 is 2.41 bits per heavy atom. The van der Waals surface area contributed by atoms with Gasteiger partial charge in [-0.25, -0.2) is 0 Å². The summed E-state index contributed by atoms with van der Waals surface area (Å²) in [4.78, 5) is 0. The van der Waals surface area contributed by atoms with E-state index in [9.17, 15) is 5.11 Å². The molecule has 0 saturated heterocycles. The highest BCUT2D eigenvalue weighted by Gasteiger charge is 2.38. The summed E-state index contributed by atoms with van der Waals surface area (Å²) in [6, 6.07) is 10.2. The fourth-order valence-corrected chi connectivity index (χ4v) is 2.85. The van der Waals surface area contributed by atoms with Gasteiger partial charge in [-0.05, 0) is 18.4 Å². The summed E-state index contributed by atoms with van der Waals surface area (Å²) in [5, 5.41) is 10.5. The van der Waals surface area contributed by atoms with Crippen LogP contribution in [0, 0.1) is 0 Å². The second-order valence-electron chi connectivity index (χ2n) is 5.04. The summed E-state index contributed by atoms with van der Waals surface area (Å²) in [5.74, 6) is 0. The first-order valence-electron chi connectivity index (χ1n) is 6.54. The molecule has 94 valence electrons. The van der Waals surface area contributed by atoms with E-state index in [1.807, 2.05) is 18.2 Å². The van der Waals surface area contributed by atoms with Crippen LogP contribution in [0.5, 0.6) is 0 Å². The van der Waals surface area contributed by atoms with Crippen molar-refractivity contribution in [3.63, 3.8) is 0 Å². The molecule has 0 aromatic heterocycles. The molecule has 0 heterocycles. The van der Waals surface area contributed by atoms with Gasteiger partial charge in [0.05, 0.1) is 11.7 Å². The molecule has 1 aromatic rings. The highest BCUT2D eigenvalue weighted by atomic mass is 16.5. The van der Waals surface area contributed by atoms with Crippen molar-refractivity contribution < 1.29 is 9.84 Å². The maximum Gasteiger partial charge on any atom is 0.0939 e. The molecule has 0 aliphatic heterocycles. The number of hydrogen-bond donors (Lipinski definition) is 1. The van der Waals surface area contributed by atoms with Crippen molar-refractivity contribution in [2.75, 3.05) is 7.11 Å². The van der Waals surface area contributed by atoms with Gasteiger partial charge in [0.25, 0.3) is 0 Å². The minimum atomic E-state index is -0.393. The number of rotatable bonds is 4. The van der Waals surface area contributed by atoms with Gasteiger partial charge >= 0.3 is 0 Å². The van der Waals surface area contributed by atoms with Crippen molar-refractivity contribution in [2.24, 2.45) is 0 Å². The fraction of sp³-hybridized carbons (Fsp3) is 0.600. The first-order chi connectivity index (χ1) is 8.27. The Hall–Kier alpha value is -0.860. The molecule has 1 aromatic carbocycles. The first kappa shape index (κ1) is 12.6. The van der Waals surface area contributed by atoms with Gasteiger partial charge in [0, 0.05) is 13.5 Å². The summed E-state index contributed by atoms with van der Waals surface area (Å²) in [6.07, 6.45) is 5.86. The van der Waals surface area contributed by atoms with Crippen molar-refractivity contribution in [3.8, 4) is 0 Å². The number of ether oxygens (including phenoxy) is 1. The Kier molecular flexibility index (Phi) is 4.19. The second kappa shape index (κ2) is 5.65. The molecule has 2 nitrogen and oxygen atoms in total. The van der Waals surface area contributed by atoms with Crippen LogP contribution < -0.4 is 0 Å². The lowest BCUT2D eigenvalue weighted by Crippen LogP contribution is -2.46. The minimum Gasteiger partial charge on any atom is -0.390 e. The number of hydrogen-bond acceptors (Lipinski definition) is 2. The third-order valence-electron chi connectivity index (χ3n) is 3.99. The third kappa shape index (κ3) is 2.88. The Bertz CT molecular complexity index is 328. The van der Waals surface area contributed by atoms with Crippen LogP contribution in [-0.4, -0.2) is 23.9 Å². The Labute approximate surface area is 104 Å². The summed E-state index contributed by atoms with van der Waals surface area (Å²) >= 11 is 0. The number of benzene rings is 1. The molecule has 1 atom stereocenters. The Morgan fingerprint density at radius 2 is 1.82 bits per heavy atom. The highest BCUT2D eigenvalue weighted by molar-refractivity contribution is 5.16. The molecule has 0 radical (unpaired) electrons. The van der Waals surface area contributed by atoms with Crippen molar-refractivity contribution in [2.45, 2.75) is 50.2 Å².